The quantitative estimate of drug-likeness (QED) is 0.802. The smallest absolute Gasteiger partial charge is 0.254 e. The van der Waals surface area contributed by atoms with E-state index in [1.54, 1.807) is 47.4 Å². The summed E-state index contributed by atoms with van der Waals surface area (Å²) in [5.41, 5.74) is 1.98. The molecule has 1 saturated heterocycles. The molecular formula is C21H23ClN2O4. The van der Waals surface area contributed by atoms with Crippen LogP contribution in [0.4, 0.5) is 5.69 Å². The van der Waals surface area contributed by atoms with Gasteiger partial charge in [-0.2, -0.15) is 0 Å². The number of hydrogen-bond acceptors (Lipinski definition) is 4. The van der Waals surface area contributed by atoms with Crippen LogP contribution in [0, 0.1) is 6.92 Å². The highest BCUT2D eigenvalue weighted by atomic mass is 35.5. The molecule has 0 atom stereocenters. The third-order valence-electron chi connectivity index (χ3n) is 4.53. The summed E-state index contributed by atoms with van der Waals surface area (Å²) in [5.74, 6) is 0.400. The second kappa shape index (κ2) is 9.57. The molecule has 0 saturated carbocycles. The molecule has 0 aliphatic carbocycles. The SMILES string of the molecule is Cc1c(NC(=O)CCOc2cccc(Cl)c2)cccc1C(=O)N1CCOCC1. The van der Waals surface area contributed by atoms with Crippen molar-refractivity contribution in [2.45, 2.75) is 13.3 Å². The lowest BCUT2D eigenvalue weighted by Crippen LogP contribution is -2.41. The van der Waals surface area contributed by atoms with E-state index >= 15 is 0 Å². The molecule has 1 aliphatic heterocycles. The highest BCUT2D eigenvalue weighted by molar-refractivity contribution is 6.30. The van der Waals surface area contributed by atoms with E-state index in [1.807, 2.05) is 6.92 Å². The molecule has 0 bridgehead atoms. The number of carbonyl (C=O) groups excluding carboxylic acids is 2. The molecule has 2 aromatic carbocycles. The van der Waals surface area contributed by atoms with Crippen LogP contribution < -0.4 is 10.1 Å². The number of anilines is 1. The Morgan fingerprint density at radius 1 is 1.18 bits per heavy atom. The van der Waals surface area contributed by atoms with Gasteiger partial charge in [-0.05, 0) is 42.8 Å². The van der Waals surface area contributed by atoms with Gasteiger partial charge in [0.25, 0.3) is 5.91 Å². The predicted octanol–water partition coefficient (Wildman–Crippen LogP) is 3.53. The maximum Gasteiger partial charge on any atom is 0.254 e. The zero-order valence-corrected chi connectivity index (χ0v) is 16.5. The van der Waals surface area contributed by atoms with Gasteiger partial charge in [0.05, 0.1) is 26.2 Å². The molecule has 2 aromatic rings. The first-order valence-corrected chi connectivity index (χ1v) is 9.57. The van der Waals surface area contributed by atoms with E-state index < -0.39 is 0 Å². The average Bonchev–Trinajstić information content (AvgIpc) is 2.70. The van der Waals surface area contributed by atoms with Crippen molar-refractivity contribution in [3.63, 3.8) is 0 Å². The van der Waals surface area contributed by atoms with E-state index in [1.165, 1.54) is 0 Å². The molecule has 7 heteroatoms. The average molecular weight is 403 g/mol. The minimum absolute atomic E-state index is 0.0406. The molecule has 6 nitrogen and oxygen atoms in total. The van der Waals surface area contributed by atoms with Gasteiger partial charge >= 0.3 is 0 Å². The van der Waals surface area contributed by atoms with Gasteiger partial charge in [-0.1, -0.05) is 23.7 Å². The summed E-state index contributed by atoms with van der Waals surface area (Å²) in [4.78, 5) is 26.8. The number of hydrogen-bond donors (Lipinski definition) is 1. The summed E-state index contributed by atoms with van der Waals surface area (Å²) < 4.78 is 10.8. The molecule has 0 radical (unpaired) electrons. The van der Waals surface area contributed by atoms with Crippen LogP contribution >= 0.6 is 11.6 Å². The first-order chi connectivity index (χ1) is 13.5. The number of rotatable bonds is 6. The number of nitrogens with one attached hydrogen (secondary N) is 1. The second-order valence-corrected chi connectivity index (χ2v) is 6.92. The normalized spacial score (nSPS) is 13.9. The zero-order chi connectivity index (χ0) is 19.9. The van der Waals surface area contributed by atoms with E-state index in [0.29, 0.717) is 48.3 Å². The molecule has 0 aromatic heterocycles. The molecule has 3 rings (SSSR count). The molecule has 1 fully saturated rings. The van der Waals surface area contributed by atoms with Crippen LogP contribution in [-0.2, 0) is 9.53 Å². The summed E-state index contributed by atoms with van der Waals surface area (Å²) in [6, 6.07) is 12.4. The molecule has 28 heavy (non-hydrogen) atoms. The van der Waals surface area contributed by atoms with Crippen LogP contribution in [0.25, 0.3) is 0 Å². The summed E-state index contributed by atoms with van der Waals surface area (Å²) in [6.07, 6.45) is 0.188. The Balaban J connectivity index is 1.57. The number of carbonyl (C=O) groups is 2. The van der Waals surface area contributed by atoms with E-state index in [9.17, 15) is 9.59 Å². The van der Waals surface area contributed by atoms with Crippen molar-refractivity contribution < 1.29 is 19.1 Å². The number of ether oxygens (including phenoxy) is 2. The van der Waals surface area contributed by atoms with Crippen LogP contribution in [0.1, 0.15) is 22.3 Å². The van der Waals surface area contributed by atoms with E-state index in [4.69, 9.17) is 21.1 Å². The Labute approximate surface area is 169 Å². The number of benzene rings is 2. The van der Waals surface area contributed by atoms with E-state index in [0.717, 1.165) is 5.56 Å². The van der Waals surface area contributed by atoms with Crippen molar-refractivity contribution >= 4 is 29.1 Å². The Morgan fingerprint density at radius 2 is 1.93 bits per heavy atom. The summed E-state index contributed by atoms with van der Waals surface area (Å²) in [5, 5.41) is 3.45. The minimum Gasteiger partial charge on any atom is -0.493 e. The van der Waals surface area contributed by atoms with Gasteiger partial charge in [0.1, 0.15) is 5.75 Å². The van der Waals surface area contributed by atoms with Gasteiger partial charge in [-0.15, -0.1) is 0 Å². The molecule has 2 amide bonds. The van der Waals surface area contributed by atoms with Gasteiger partial charge in [0.15, 0.2) is 0 Å². The zero-order valence-electron chi connectivity index (χ0n) is 15.7. The van der Waals surface area contributed by atoms with Crippen molar-refractivity contribution in [3.05, 3.63) is 58.6 Å². The molecule has 1 N–H and O–H groups in total. The highest BCUT2D eigenvalue weighted by Gasteiger charge is 2.21. The number of nitrogens with zero attached hydrogens (tertiary/aromatic N) is 1. The lowest BCUT2D eigenvalue weighted by Gasteiger charge is -2.27. The Kier molecular flexibility index (Phi) is 6.90. The molecule has 1 heterocycles. The summed E-state index contributed by atoms with van der Waals surface area (Å²) in [6.45, 7) is 4.33. The molecule has 148 valence electrons. The minimum atomic E-state index is -0.180. The second-order valence-electron chi connectivity index (χ2n) is 6.49. The molecular weight excluding hydrogens is 380 g/mol. The largest absolute Gasteiger partial charge is 0.493 e. The van der Waals surface area contributed by atoms with Gasteiger partial charge in [-0.25, -0.2) is 0 Å². The number of morpholine rings is 1. The first-order valence-electron chi connectivity index (χ1n) is 9.19. The molecule has 1 aliphatic rings. The number of amides is 2. The lowest BCUT2D eigenvalue weighted by atomic mass is 10.0. The van der Waals surface area contributed by atoms with Crippen molar-refractivity contribution in [2.75, 3.05) is 38.2 Å². The molecule has 0 unspecified atom stereocenters. The maximum atomic E-state index is 12.7. The predicted molar refractivity (Wildman–Crippen MR) is 108 cm³/mol. The third-order valence-corrected chi connectivity index (χ3v) is 4.77. The Hall–Kier alpha value is -2.57. The number of halogens is 1. The van der Waals surface area contributed by atoms with Crippen molar-refractivity contribution in [2.24, 2.45) is 0 Å². The van der Waals surface area contributed by atoms with Crippen molar-refractivity contribution in [1.29, 1.82) is 0 Å². The Bertz CT molecular complexity index is 850. The van der Waals surface area contributed by atoms with E-state index in [-0.39, 0.29) is 24.8 Å². The summed E-state index contributed by atoms with van der Waals surface area (Å²) in [7, 11) is 0. The van der Waals surface area contributed by atoms with Crippen LogP contribution in [-0.4, -0.2) is 49.6 Å². The Morgan fingerprint density at radius 3 is 2.68 bits per heavy atom. The maximum absolute atomic E-state index is 12.7. The van der Waals surface area contributed by atoms with Crippen LogP contribution in [0.3, 0.4) is 0 Å². The van der Waals surface area contributed by atoms with Crippen molar-refractivity contribution in [3.8, 4) is 5.75 Å². The van der Waals surface area contributed by atoms with Crippen LogP contribution in [0.15, 0.2) is 42.5 Å². The van der Waals surface area contributed by atoms with Crippen LogP contribution in [0.2, 0.25) is 5.02 Å². The van der Waals surface area contributed by atoms with Gasteiger partial charge in [-0.3, -0.25) is 9.59 Å². The van der Waals surface area contributed by atoms with Gasteiger partial charge < -0.3 is 19.7 Å². The lowest BCUT2D eigenvalue weighted by molar-refractivity contribution is -0.116. The standard InChI is InChI=1S/C21H23ClN2O4/c1-15-18(21(26)24-9-12-27-13-10-24)6-3-7-19(15)23-20(25)8-11-28-17-5-2-4-16(22)14-17/h2-7,14H,8-13H2,1H3,(H,23,25). The fourth-order valence-corrected chi connectivity index (χ4v) is 3.15. The highest BCUT2D eigenvalue weighted by Crippen LogP contribution is 2.21. The van der Waals surface area contributed by atoms with Crippen LogP contribution in [0.5, 0.6) is 5.75 Å². The first kappa shape index (κ1) is 20.2. The monoisotopic (exact) mass is 402 g/mol. The van der Waals surface area contributed by atoms with E-state index in [2.05, 4.69) is 5.32 Å². The fraction of sp³-hybridized carbons (Fsp3) is 0.333. The van der Waals surface area contributed by atoms with Crippen molar-refractivity contribution in [1.82, 2.24) is 4.90 Å². The third kappa shape index (κ3) is 5.24. The topological polar surface area (TPSA) is 67.9 Å². The summed E-state index contributed by atoms with van der Waals surface area (Å²) >= 11 is 5.91. The molecule has 0 spiro atoms. The fourth-order valence-electron chi connectivity index (χ4n) is 2.97. The van der Waals surface area contributed by atoms with Gasteiger partial charge in [0, 0.05) is 29.4 Å². The van der Waals surface area contributed by atoms with Gasteiger partial charge in [0.2, 0.25) is 5.91 Å².